The first-order valence-electron chi connectivity index (χ1n) is 6.20. The maximum Gasteiger partial charge on any atom is 0.129 e. The summed E-state index contributed by atoms with van der Waals surface area (Å²) in [5, 5.41) is 6.41. The van der Waals surface area contributed by atoms with Gasteiger partial charge in [-0.3, -0.25) is 0 Å². The van der Waals surface area contributed by atoms with E-state index >= 15 is 0 Å². The van der Waals surface area contributed by atoms with Crippen molar-refractivity contribution in [1.82, 2.24) is 10.3 Å². The molecule has 0 fully saturated rings. The van der Waals surface area contributed by atoms with Crippen LogP contribution in [-0.2, 0) is 6.42 Å². The molecule has 1 aromatic carbocycles. The van der Waals surface area contributed by atoms with E-state index in [0.29, 0.717) is 12.0 Å². The standard InChI is InChI=1S/C14H16BrFN2S/c1-3-17-13(7-10-8-19-9(2)18-10)14-11(15)5-4-6-12(14)16/h4-6,8,13,17H,3,7H2,1-2H3. The summed E-state index contributed by atoms with van der Waals surface area (Å²) < 4.78 is 14.8. The molecule has 1 heterocycles. The fourth-order valence-corrected chi connectivity index (χ4v) is 3.32. The zero-order valence-electron chi connectivity index (χ0n) is 10.9. The van der Waals surface area contributed by atoms with Gasteiger partial charge in [-0.2, -0.15) is 0 Å². The second-order valence-electron chi connectivity index (χ2n) is 4.31. The van der Waals surface area contributed by atoms with Gasteiger partial charge in [0.2, 0.25) is 0 Å². The Morgan fingerprint density at radius 3 is 2.84 bits per heavy atom. The van der Waals surface area contributed by atoms with Crippen LogP contribution < -0.4 is 5.32 Å². The fraction of sp³-hybridized carbons (Fsp3) is 0.357. The van der Waals surface area contributed by atoms with Crippen LogP contribution in [0, 0.1) is 12.7 Å². The summed E-state index contributed by atoms with van der Waals surface area (Å²) in [6, 6.07) is 5.01. The summed E-state index contributed by atoms with van der Waals surface area (Å²) in [5.74, 6) is -0.188. The van der Waals surface area contributed by atoms with Crippen LogP contribution in [0.5, 0.6) is 0 Å². The number of nitrogens with one attached hydrogen (secondary N) is 1. The smallest absolute Gasteiger partial charge is 0.129 e. The molecule has 102 valence electrons. The normalized spacial score (nSPS) is 12.6. The number of rotatable bonds is 5. The van der Waals surface area contributed by atoms with Gasteiger partial charge in [-0.25, -0.2) is 9.37 Å². The van der Waals surface area contributed by atoms with E-state index in [2.05, 4.69) is 26.2 Å². The van der Waals surface area contributed by atoms with Crippen LogP contribution in [0.1, 0.15) is 29.2 Å². The number of aryl methyl sites for hydroxylation is 1. The van der Waals surface area contributed by atoms with Crippen molar-refractivity contribution in [2.45, 2.75) is 26.3 Å². The lowest BCUT2D eigenvalue weighted by Gasteiger charge is -2.19. The zero-order chi connectivity index (χ0) is 13.8. The predicted molar refractivity (Wildman–Crippen MR) is 81.1 cm³/mol. The number of hydrogen-bond acceptors (Lipinski definition) is 3. The van der Waals surface area contributed by atoms with Crippen molar-refractivity contribution in [2.75, 3.05) is 6.54 Å². The lowest BCUT2D eigenvalue weighted by atomic mass is 10.0. The van der Waals surface area contributed by atoms with Gasteiger partial charge in [0.1, 0.15) is 5.82 Å². The number of likely N-dealkylation sites (N-methyl/N-ethyl adjacent to an activating group) is 1. The first-order chi connectivity index (χ1) is 9.11. The second-order valence-corrected chi connectivity index (χ2v) is 6.22. The van der Waals surface area contributed by atoms with Crippen LogP contribution >= 0.6 is 27.3 Å². The first-order valence-corrected chi connectivity index (χ1v) is 7.87. The van der Waals surface area contributed by atoms with E-state index in [-0.39, 0.29) is 11.9 Å². The minimum Gasteiger partial charge on any atom is -0.310 e. The maximum atomic E-state index is 14.0. The topological polar surface area (TPSA) is 24.9 Å². The fourth-order valence-electron chi connectivity index (χ4n) is 2.08. The van der Waals surface area contributed by atoms with Crippen LogP contribution in [0.2, 0.25) is 0 Å². The lowest BCUT2D eigenvalue weighted by molar-refractivity contribution is 0.504. The molecule has 0 radical (unpaired) electrons. The third-order valence-electron chi connectivity index (χ3n) is 2.88. The summed E-state index contributed by atoms with van der Waals surface area (Å²) in [5.41, 5.74) is 1.68. The molecule has 19 heavy (non-hydrogen) atoms. The Morgan fingerprint density at radius 1 is 1.47 bits per heavy atom. The highest BCUT2D eigenvalue weighted by Crippen LogP contribution is 2.29. The van der Waals surface area contributed by atoms with E-state index in [0.717, 1.165) is 21.7 Å². The van der Waals surface area contributed by atoms with Crippen molar-refractivity contribution in [3.05, 3.63) is 50.1 Å². The van der Waals surface area contributed by atoms with Gasteiger partial charge >= 0.3 is 0 Å². The van der Waals surface area contributed by atoms with Gasteiger partial charge in [-0.05, 0) is 25.6 Å². The first kappa shape index (κ1) is 14.6. The average Bonchev–Trinajstić information content (AvgIpc) is 2.75. The van der Waals surface area contributed by atoms with Crippen molar-refractivity contribution >= 4 is 27.3 Å². The van der Waals surface area contributed by atoms with E-state index in [1.807, 2.05) is 25.3 Å². The SMILES string of the molecule is CCNC(Cc1csc(C)n1)c1c(F)cccc1Br. The van der Waals surface area contributed by atoms with Crippen molar-refractivity contribution in [3.63, 3.8) is 0 Å². The summed E-state index contributed by atoms with van der Waals surface area (Å²) in [6.07, 6.45) is 0.692. The van der Waals surface area contributed by atoms with Crippen LogP contribution in [0.3, 0.4) is 0 Å². The number of hydrogen-bond donors (Lipinski definition) is 1. The molecule has 0 bridgehead atoms. The molecule has 0 aliphatic rings. The Kier molecular flexibility index (Phi) is 5.07. The highest BCUT2D eigenvalue weighted by atomic mass is 79.9. The number of nitrogens with zero attached hydrogens (tertiary/aromatic N) is 1. The van der Waals surface area contributed by atoms with Crippen molar-refractivity contribution < 1.29 is 4.39 Å². The maximum absolute atomic E-state index is 14.0. The largest absolute Gasteiger partial charge is 0.310 e. The Bertz CT molecular complexity index is 536. The third-order valence-corrected chi connectivity index (χ3v) is 4.39. The minimum atomic E-state index is -0.188. The van der Waals surface area contributed by atoms with Crippen molar-refractivity contribution in [3.8, 4) is 0 Å². The quantitative estimate of drug-likeness (QED) is 0.878. The number of aromatic nitrogens is 1. The molecule has 0 amide bonds. The average molecular weight is 343 g/mol. The number of halogens is 2. The van der Waals surface area contributed by atoms with Gasteiger partial charge < -0.3 is 5.32 Å². The van der Waals surface area contributed by atoms with E-state index < -0.39 is 0 Å². The molecular weight excluding hydrogens is 327 g/mol. The molecule has 5 heteroatoms. The van der Waals surface area contributed by atoms with Gasteiger partial charge in [0.05, 0.1) is 10.7 Å². The highest BCUT2D eigenvalue weighted by Gasteiger charge is 2.19. The summed E-state index contributed by atoms with van der Waals surface area (Å²) in [4.78, 5) is 4.46. The van der Waals surface area contributed by atoms with Crippen molar-refractivity contribution in [2.24, 2.45) is 0 Å². The van der Waals surface area contributed by atoms with E-state index in [1.54, 1.807) is 17.4 Å². The lowest BCUT2D eigenvalue weighted by Crippen LogP contribution is -2.24. The number of thiazole rings is 1. The van der Waals surface area contributed by atoms with Gasteiger partial charge in [0, 0.05) is 27.9 Å². The zero-order valence-corrected chi connectivity index (χ0v) is 13.3. The Morgan fingerprint density at radius 2 is 2.26 bits per heavy atom. The van der Waals surface area contributed by atoms with Gasteiger partial charge in [0.25, 0.3) is 0 Å². The molecule has 1 N–H and O–H groups in total. The van der Waals surface area contributed by atoms with Crippen molar-refractivity contribution in [1.29, 1.82) is 0 Å². The van der Waals surface area contributed by atoms with E-state index in [4.69, 9.17) is 0 Å². The molecule has 2 nitrogen and oxygen atoms in total. The van der Waals surface area contributed by atoms with Gasteiger partial charge in [-0.1, -0.05) is 28.9 Å². The molecule has 2 aromatic rings. The molecule has 1 unspecified atom stereocenters. The molecule has 0 saturated heterocycles. The van der Waals surface area contributed by atoms with Crippen LogP contribution in [0.15, 0.2) is 28.1 Å². The van der Waals surface area contributed by atoms with E-state index in [9.17, 15) is 4.39 Å². The van der Waals surface area contributed by atoms with Crippen LogP contribution in [0.4, 0.5) is 4.39 Å². The third kappa shape index (κ3) is 3.61. The molecular formula is C14H16BrFN2S. The Balaban J connectivity index is 2.29. The molecule has 2 rings (SSSR count). The summed E-state index contributed by atoms with van der Waals surface area (Å²) in [6.45, 7) is 4.79. The Labute approximate surface area is 125 Å². The summed E-state index contributed by atoms with van der Waals surface area (Å²) in [7, 11) is 0. The van der Waals surface area contributed by atoms with Gasteiger partial charge in [0.15, 0.2) is 0 Å². The molecule has 0 aliphatic carbocycles. The monoisotopic (exact) mass is 342 g/mol. The molecule has 0 aliphatic heterocycles. The minimum absolute atomic E-state index is 0.0675. The molecule has 1 aromatic heterocycles. The molecule has 1 atom stereocenters. The second kappa shape index (κ2) is 6.59. The van der Waals surface area contributed by atoms with Crippen LogP contribution in [-0.4, -0.2) is 11.5 Å². The van der Waals surface area contributed by atoms with E-state index in [1.165, 1.54) is 6.07 Å². The highest BCUT2D eigenvalue weighted by molar-refractivity contribution is 9.10. The summed E-state index contributed by atoms with van der Waals surface area (Å²) >= 11 is 5.06. The molecule has 0 saturated carbocycles. The van der Waals surface area contributed by atoms with Gasteiger partial charge in [-0.15, -0.1) is 11.3 Å². The van der Waals surface area contributed by atoms with Crippen LogP contribution in [0.25, 0.3) is 0 Å². The molecule has 0 spiro atoms. The number of benzene rings is 1. The Hall–Kier alpha value is -0.780. The predicted octanol–water partition coefficient (Wildman–Crippen LogP) is 4.25.